The Hall–Kier alpha value is -3.60. The first-order valence-electron chi connectivity index (χ1n) is 7.96. The number of pyridine rings is 1. The number of aromatic nitrogens is 3. The van der Waals surface area contributed by atoms with Crippen molar-refractivity contribution in [2.75, 3.05) is 10.7 Å². The molecule has 0 saturated carbocycles. The number of rotatable bonds is 6. The third kappa shape index (κ3) is 4.57. The maximum atomic E-state index is 12.2. The van der Waals surface area contributed by atoms with Gasteiger partial charge in [0.15, 0.2) is 0 Å². The molecule has 1 amide bonds. The van der Waals surface area contributed by atoms with E-state index in [1.54, 1.807) is 49.4 Å². The van der Waals surface area contributed by atoms with Crippen LogP contribution in [0.3, 0.4) is 0 Å². The van der Waals surface area contributed by atoms with E-state index in [-0.39, 0.29) is 11.6 Å². The molecule has 2 heterocycles. The number of anilines is 3. The van der Waals surface area contributed by atoms with Gasteiger partial charge in [0.1, 0.15) is 12.1 Å². The lowest BCUT2D eigenvalue weighted by Gasteiger charge is -2.11. The fourth-order valence-corrected chi connectivity index (χ4v) is 2.52. The first-order valence-corrected chi connectivity index (χ1v) is 8.75. The third-order valence-electron chi connectivity index (χ3n) is 3.54. The molecule has 3 rings (SSSR count). The van der Waals surface area contributed by atoms with E-state index in [0.717, 1.165) is 16.5 Å². The topological polar surface area (TPSA) is 135 Å². The van der Waals surface area contributed by atoms with E-state index in [2.05, 4.69) is 47.1 Å². The molecule has 0 saturated heterocycles. The largest absolute Gasteiger partial charge is 0.355 e. The summed E-state index contributed by atoms with van der Waals surface area (Å²) >= 11 is 3.28. The fourth-order valence-electron chi connectivity index (χ4n) is 2.26. The minimum atomic E-state index is -0.647. The average Bonchev–Trinajstić information content (AvgIpc) is 2.66. The van der Waals surface area contributed by atoms with Crippen molar-refractivity contribution < 1.29 is 9.72 Å². The van der Waals surface area contributed by atoms with Gasteiger partial charge in [0.25, 0.3) is 5.91 Å². The standard InChI is InChI=1S/C17H14BrN7O3/c1-10-3-2-4-13(21-10)22-15-14(25(27)28)16(20-9-19-15)23-24-17(26)11-5-7-12(18)8-6-11/h2-9H,1H3,(H,24,26)(H2,19,20,21,22,23). The van der Waals surface area contributed by atoms with Crippen molar-refractivity contribution in [3.8, 4) is 0 Å². The van der Waals surface area contributed by atoms with Crippen LogP contribution in [0.1, 0.15) is 16.1 Å². The summed E-state index contributed by atoms with van der Waals surface area (Å²) in [5.74, 6) is -0.305. The van der Waals surface area contributed by atoms with Crippen LogP contribution < -0.4 is 16.2 Å². The van der Waals surface area contributed by atoms with Gasteiger partial charge in [-0.25, -0.2) is 15.0 Å². The zero-order valence-corrected chi connectivity index (χ0v) is 16.1. The van der Waals surface area contributed by atoms with Gasteiger partial charge < -0.3 is 5.32 Å². The summed E-state index contributed by atoms with van der Waals surface area (Å²) in [5.41, 5.74) is 5.55. The molecule has 0 spiro atoms. The second-order valence-corrected chi connectivity index (χ2v) is 6.47. The van der Waals surface area contributed by atoms with Gasteiger partial charge in [-0.15, -0.1) is 0 Å². The molecule has 0 unspecified atom stereocenters. The number of nitrogens with one attached hydrogen (secondary N) is 3. The molecule has 11 heteroatoms. The Morgan fingerprint density at radius 2 is 1.82 bits per heavy atom. The average molecular weight is 444 g/mol. The van der Waals surface area contributed by atoms with Crippen molar-refractivity contribution in [3.63, 3.8) is 0 Å². The molecule has 3 N–H and O–H groups in total. The van der Waals surface area contributed by atoms with Gasteiger partial charge in [-0.2, -0.15) is 0 Å². The van der Waals surface area contributed by atoms with E-state index >= 15 is 0 Å². The molecule has 0 atom stereocenters. The number of hydrazine groups is 1. The van der Waals surface area contributed by atoms with Crippen molar-refractivity contribution in [2.24, 2.45) is 0 Å². The quantitative estimate of drug-likeness (QED) is 0.389. The van der Waals surface area contributed by atoms with Crippen LogP contribution in [-0.2, 0) is 0 Å². The molecule has 10 nitrogen and oxygen atoms in total. The lowest BCUT2D eigenvalue weighted by molar-refractivity contribution is -0.383. The zero-order valence-electron chi connectivity index (χ0n) is 14.5. The number of nitro groups is 1. The number of aryl methyl sites for hydroxylation is 1. The van der Waals surface area contributed by atoms with Crippen molar-refractivity contribution in [2.45, 2.75) is 6.92 Å². The van der Waals surface area contributed by atoms with Gasteiger partial charge in [0.05, 0.1) is 4.92 Å². The molecule has 28 heavy (non-hydrogen) atoms. The first-order chi connectivity index (χ1) is 13.4. The SMILES string of the molecule is Cc1cccc(Nc2ncnc(NNC(=O)c3ccc(Br)cc3)c2[N+](=O)[O-])n1. The highest BCUT2D eigenvalue weighted by Gasteiger charge is 2.24. The van der Waals surface area contributed by atoms with Crippen molar-refractivity contribution in [1.82, 2.24) is 20.4 Å². The maximum Gasteiger partial charge on any atom is 0.355 e. The normalized spacial score (nSPS) is 10.2. The highest BCUT2D eigenvalue weighted by atomic mass is 79.9. The van der Waals surface area contributed by atoms with E-state index in [1.807, 2.05) is 0 Å². The number of halogens is 1. The van der Waals surface area contributed by atoms with E-state index in [0.29, 0.717) is 11.4 Å². The Balaban J connectivity index is 1.82. The van der Waals surface area contributed by atoms with Crippen LogP contribution >= 0.6 is 15.9 Å². The van der Waals surface area contributed by atoms with Crippen LogP contribution in [0.4, 0.5) is 23.1 Å². The summed E-state index contributed by atoms with van der Waals surface area (Å²) in [7, 11) is 0. The van der Waals surface area contributed by atoms with Gasteiger partial charge >= 0.3 is 5.69 Å². The van der Waals surface area contributed by atoms with Crippen LogP contribution in [-0.4, -0.2) is 25.8 Å². The molecule has 2 aromatic heterocycles. The van der Waals surface area contributed by atoms with Gasteiger partial charge in [-0.05, 0) is 43.3 Å². The zero-order chi connectivity index (χ0) is 20.1. The second-order valence-electron chi connectivity index (χ2n) is 5.55. The molecule has 0 bridgehead atoms. The number of hydrogen-bond acceptors (Lipinski definition) is 8. The Morgan fingerprint density at radius 1 is 1.11 bits per heavy atom. The molecular formula is C17H14BrN7O3. The number of benzene rings is 1. The van der Waals surface area contributed by atoms with E-state index in [9.17, 15) is 14.9 Å². The number of nitrogens with zero attached hydrogens (tertiary/aromatic N) is 4. The third-order valence-corrected chi connectivity index (χ3v) is 4.07. The van der Waals surface area contributed by atoms with Crippen LogP contribution in [0.15, 0.2) is 53.3 Å². The highest BCUT2D eigenvalue weighted by Crippen LogP contribution is 2.30. The Kier molecular flexibility index (Phi) is 5.75. The smallest absolute Gasteiger partial charge is 0.319 e. The second kappa shape index (κ2) is 8.39. The van der Waals surface area contributed by atoms with Crippen molar-refractivity contribution in [3.05, 3.63) is 74.6 Å². The summed E-state index contributed by atoms with van der Waals surface area (Å²) < 4.78 is 0.823. The lowest BCUT2D eigenvalue weighted by atomic mass is 10.2. The van der Waals surface area contributed by atoms with Crippen molar-refractivity contribution in [1.29, 1.82) is 0 Å². The van der Waals surface area contributed by atoms with Crippen LogP contribution in [0, 0.1) is 17.0 Å². The summed E-state index contributed by atoms with van der Waals surface area (Å²) in [6.07, 6.45) is 1.14. The van der Waals surface area contributed by atoms with E-state index in [4.69, 9.17) is 0 Å². The Morgan fingerprint density at radius 3 is 2.50 bits per heavy atom. The highest BCUT2D eigenvalue weighted by molar-refractivity contribution is 9.10. The van der Waals surface area contributed by atoms with Gasteiger partial charge in [0.2, 0.25) is 11.6 Å². The molecule has 142 valence electrons. The monoisotopic (exact) mass is 443 g/mol. The molecule has 3 aromatic rings. The first kappa shape index (κ1) is 19.2. The van der Waals surface area contributed by atoms with E-state index in [1.165, 1.54) is 0 Å². The van der Waals surface area contributed by atoms with Crippen LogP contribution in [0.5, 0.6) is 0 Å². The molecule has 0 radical (unpaired) electrons. The predicted molar refractivity (Wildman–Crippen MR) is 106 cm³/mol. The molecule has 0 aliphatic rings. The number of carbonyl (C=O) groups excluding carboxylic acids is 1. The lowest BCUT2D eigenvalue weighted by Crippen LogP contribution is -2.30. The van der Waals surface area contributed by atoms with Crippen LogP contribution in [0.25, 0.3) is 0 Å². The Labute approximate surface area is 167 Å². The summed E-state index contributed by atoms with van der Waals surface area (Å²) in [4.78, 5) is 35.1. The van der Waals surface area contributed by atoms with Gasteiger partial charge in [-0.3, -0.25) is 25.8 Å². The number of carbonyl (C=O) groups is 1. The molecule has 1 aromatic carbocycles. The fraction of sp³-hybridized carbons (Fsp3) is 0.0588. The van der Waals surface area contributed by atoms with E-state index < -0.39 is 16.5 Å². The summed E-state index contributed by atoms with van der Waals surface area (Å²) in [6, 6.07) is 11.8. The van der Waals surface area contributed by atoms with Crippen LogP contribution in [0.2, 0.25) is 0 Å². The molecule has 0 fully saturated rings. The van der Waals surface area contributed by atoms with Crippen molar-refractivity contribution >= 4 is 45.0 Å². The molecule has 0 aliphatic heterocycles. The number of amides is 1. The summed E-state index contributed by atoms with van der Waals surface area (Å²) in [5, 5.41) is 14.4. The molecule has 0 aliphatic carbocycles. The minimum Gasteiger partial charge on any atom is -0.319 e. The number of hydrogen-bond donors (Lipinski definition) is 3. The predicted octanol–water partition coefficient (Wildman–Crippen LogP) is 3.35. The van der Waals surface area contributed by atoms with Gasteiger partial charge in [0, 0.05) is 15.7 Å². The maximum absolute atomic E-state index is 12.2. The molecular weight excluding hydrogens is 430 g/mol. The minimum absolute atomic E-state index is 0.0570. The van der Waals surface area contributed by atoms with Gasteiger partial charge in [-0.1, -0.05) is 22.0 Å². The summed E-state index contributed by atoms with van der Waals surface area (Å²) in [6.45, 7) is 1.80. The Bertz CT molecular complexity index is 1030.